The molecule has 1 fully saturated rings. The molecule has 0 aromatic carbocycles. The second-order valence-electron chi connectivity index (χ2n) is 4.65. The first kappa shape index (κ1) is 15.4. The molecule has 0 radical (unpaired) electrons. The second kappa shape index (κ2) is 7.07. The zero-order chi connectivity index (χ0) is 14.4. The number of nitrogens with one attached hydrogen (secondary N) is 1. The van der Waals surface area contributed by atoms with Gasteiger partial charge in [-0.3, -0.25) is 19.9 Å². The van der Waals surface area contributed by atoms with Crippen LogP contribution in [-0.2, 0) is 4.79 Å². The smallest absolute Gasteiger partial charge is 0.318 e. The molecule has 1 aliphatic heterocycles. The topological polar surface area (TPSA) is 102 Å². The molecule has 0 aromatic heterocycles. The molecule has 7 nitrogen and oxygen atoms in total. The maximum atomic E-state index is 11.7. The van der Waals surface area contributed by atoms with Crippen LogP contribution in [0.2, 0.25) is 0 Å². The molecule has 106 valence electrons. The van der Waals surface area contributed by atoms with Crippen molar-refractivity contribution in [3.8, 4) is 6.07 Å². The van der Waals surface area contributed by atoms with E-state index in [-0.39, 0.29) is 11.9 Å². The SMILES string of the molecule is CCC(C#N)N1CCN(C(C)C(=O)NC(N)=O)CC1. The van der Waals surface area contributed by atoms with Crippen molar-refractivity contribution in [2.75, 3.05) is 26.2 Å². The minimum atomic E-state index is -0.828. The van der Waals surface area contributed by atoms with Gasteiger partial charge < -0.3 is 5.73 Å². The van der Waals surface area contributed by atoms with E-state index in [1.54, 1.807) is 6.92 Å². The Labute approximate surface area is 113 Å². The number of hydrogen-bond acceptors (Lipinski definition) is 5. The van der Waals surface area contributed by atoms with Gasteiger partial charge in [-0.05, 0) is 13.3 Å². The van der Waals surface area contributed by atoms with Gasteiger partial charge in [-0.2, -0.15) is 5.26 Å². The van der Waals surface area contributed by atoms with Crippen LogP contribution in [0.5, 0.6) is 0 Å². The van der Waals surface area contributed by atoms with Crippen molar-refractivity contribution in [1.82, 2.24) is 15.1 Å². The zero-order valence-electron chi connectivity index (χ0n) is 11.4. The van der Waals surface area contributed by atoms with E-state index in [1.807, 2.05) is 11.8 Å². The highest BCUT2D eigenvalue weighted by molar-refractivity contribution is 5.96. The van der Waals surface area contributed by atoms with Crippen LogP contribution >= 0.6 is 0 Å². The van der Waals surface area contributed by atoms with Crippen molar-refractivity contribution in [2.45, 2.75) is 32.4 Å². The van der Waals surface area contributed by atoms with Crippen molar-refractivity contribution < 1.29 is 9.59 Å². The highest BCUT2D eigenvalue weighted by Gasteiger charge is 2.28. The monoisotopic (exact) mass is 267 g/mol. The van der Waals surface area contributed by atoms with Crippen LogP contribution in [0.25, 0.3) is 0 Å². The number of imide groups is 1. The molecule has 3 N–H and O–H groups in total. The Balaban J connectivity index is 2.47. The summed E-state index contributed by atoms with van der Waals surface area (Å²) in [6.07, 6.45) is 0.800. The van der Waals surface area contributed by atoms with Gasteiger partial charge in [-0.1, -0.05) is 6.92 Å². The minimum absolute atomic E-state index is 0.0584. The van der Waals surface area contributed by atoms with Crippen molar-refractivity contribution in [3.05, 3.63) is 0 Å². The van der Waals surface area contributed by atoms with Gasteiger partial charge in [0.05, 0.1) is 18.2 Å². The summed E-state index contributed by atoms with van der Waals surface area (Å²) in [7, 11) is 0. The van der Waals surface area contributed by atoms with E-state index in [2.05, 4.69) is 16.3 Å². The fourth-order valence-corrected chi connectivity index (χ4v) is 2.26. The second-order valence-corrected chi connectivity index (χ2v) is 4.65. The first-order valence-corrected chi connectivity index (χ1v) is 6.47. The maximum absolute atomic E-state index is 11.7. The summed E-state index contributed by atoms with van der Waals surface area (Å²) in [5, 5.41) is 11.1. The molecule has 19 heavy (non-hydrogen) atoms. The molecule has 2 atom stereocenters. The molecule has 1 saturated heterocycles. The minimum Gasteiger partial charge on any atom is -0.351 e. The van der Waals surface area contributed by atoms with E-state index >= 15 is 0 Å². The zero-order valence-corrected chi connectivity index (χ0v) is 11.4. The van der Waals surface area contributed by atoms with Crippen LogP contribution < -0.4 is 11.1 Å². The highest BCUT2D eigenvalue weighted by atomic mass is 16.2. The molecule has 0 saturated carbocycles. The number of hydrogen-bond donors (Lipinski definition) is 2. The van der Waals surface area contributed by atoms with Gasteiger partial charge in [0.25, 0.3) is 0 Å². The van der Waals surface area contributed by atoms with Crippen LogP contribution in [-0.4, -0.2) is 60.0 Å². The number of carbonyl (C=O) groups excluding carboxylic acids is 2. The van der Waals surface area contributed by atoms with E-state index in [9.17, 15) is 9.59 Å². The number of rotatable bonds is 4. The van der Waals surface area contributed by atoms with Crippen molar-refractivity contribution in [1.29, 1.82) is 5.26 Å². The summed E-state index contributed by atoms with van der Waals surface area (Å²) < 4.78 is 0. The Hall–Kier alpha value is -1.65. The van der Waals surface area contributed by atoms with Crippen LogP contribution in [0.15, 0.2) is 0 Å². The first-order chi connectivity index (χ1) is 8.99. The molecule has 3 amide bonds. The summed E-state index contributed by atoms with van der Waals surface area (Å²) in [6.45, 7) is 6.64. The average molecular weight is 267 g/mol. The molecule has 0 aliphatic carbocycles. The van der Waals surface area contributed by atoms with Crippen LogP contribution in [0.4, 0.5) is 4.79 Å². The number of carbonyl (C=O) groups is 2. The number of nitrogens with zero attached hydrogens (tertiary/aromatic N) is 3. The Morgan fingerprint density at radius 1 is 1.32 bits per heavy atom. The number of piperazine rings is 1. The fourth-order valence-electron chi connectivity index (χ4n) is 2.26. The van der Waals surface area contributed by atoms with Crippen LogP contribution in [0, 0.1) is 11.3 Å². The van der Waals surface area contributed by atoms with E-state index in [0.717, 1.165) is 19.5 Å². The van der Waals surface area contributed by atoms with Crippen LogP contribution in [0.3, 0.4) is 0 Å². The lowest BCUT2D eigenvalue weighted by Crippen LogP contribution is -2.56. The molecule has 1 rings (SSSR count). The van der Waals surface area contributed by atoms with Crippen molar-refractivity contribution >= 4 is 11.9 Å². The van der Waals surface area contributed by atoms with Gasteiger partial charge in [0.2, 0.25) is 5.91 Å². The average Bonchev–Trinajstić information content (AvgIpc) is 2.39. The van der Waals surface area contributed by atoms with E-state index in [1.165, 1.54) is 0 Å². The quantitative estimate of drug-likeness (QED) is 0.714. The van der Waals surface area contributed by atoms with Gasteiger partial charge in [0.15, 0.2) is 0 Å². The largest absolute Gasteiger partial charge is 0.351 e. The van der Waals surface area contributed by atoms with E-state index in [4.69, 9.17) is 11.0 Å². The normalized spacial score (nSPS) is 20.3. The van der Waals surface area contributed by atoms with Gasteiger partial charge in [0.1, 0.15) is 0 Å². The lowest BCUT2D eigenvalue weighted by Gasteiger charge is -2.38. The summed E-state index contributed by atoms with van der Waals surface area (Å²) in [5.74, 6) is -0.381. The van der Waals surface area contributed by atoms with Crippen molar-refractivity contribution in [3.63, 3.8) is 0 Å². The number of nitrogens with two attached hydrogens (primary N) is 1. The fraction of sp³-hybridized carbons (Fsp3) is 0.750. The number of nitriles is 1. The molecular weight excluding hydrogens is 246 g/mol. The molecule has 0 spiro atoms. The van der Waals surface area contributed by atoms with E-state index in [0.29, 0.717) is 13.1 Å². The highest BCUT2D eigenvalue weighted by Crippen LogP contribution is 2.11. The predicted molar refractivity (Wildman–Crippen MR) is 70.0 cm³/mol. The van der Waals surface area contributed by atoms with Gasteiger partial charge >= 0.3 is 6.03 Å². The Morgan fingerprint density at radius 2 is 1.84 bits per heavy atom. The summed E-state index contributed by atoms with van der Waals surface area (Å²) in [4.78, 5) is 26.4. The molecule has 1 heterocycles. The first-order valence-electron chi connectivity index (χ1n) is 6.47. The third-order valence-electron chi connectivity index (χ3n) is 3.50. The maximum Gasteiger partial charge on any atom is 0.318 e. The lowest BCUT2D eigenvalue weighted by atomic mass is 10.1. The summed E-state index contributed by atoms with van der Waals surface area (Å²) in [5.41, 5.74) is 4.92. The Morgan fingerprint density at radius 3 is 2.26 bits per heavy atom. The third-order valence-corrected chi connectivity index (χ3v) is 3.50. The summed E-state index contributed by atoms with van der Waals surface area (Å²) >= 11 is 0. The third kappa shape index (κ3) is 4.19. The number of primary amides is 1. The molecule has 7 heteroatoms. The summed E-state index contributed by atoms with van der Waals surface area (Å²) in [6, 6.07) is 1.00. The number of urea groups is 1. The molecule has 0 aromatic rings. The van der Waals surface area contributed by atoms with Gasteiger partial charge in [-0.15, -0.1) is 0 Å². The molecule has 1 aliphatic rings. The molecule has 0 bridgehead atoms. The van der Waals surface area contributed by atoms with Gasteiger partial charge in [0, 0.05) is 26.2 Å². The molecular formula is C12H21N5O2. The number of amides is 3. The predicted octanol–water partition coefficient (Wildman–Crippen LogP) is -0.510. The van der Waals surface area contributed by atoms with E-state index < -0.39 is 12.1 Å². The standard InChI is InChI=1S/C12H21N5O2/c1-3-10(8-13)17-6-4-16(5-7-17)9(2)11(18)15-12(14)19/h9-10H,3-7H2,1-2H3,(H3,14,15,18,19). The Bertz CT molecular complexity index is 371. The molecule has 2 unspecified atom stereocenters. The van der Waals surface area contributed by atoms with Crippen LogP contribution in [0.1, 0.15) is 20.3 Å². The Kier molecular flexibility index (Phi) is 5.73. The van der Waals surface area contributed by atoms with Crippen molar-refractivity contribution in [2.24, 2.45) is 5.73 Å². The lowest BCUT2D eigenvalue weighted by molar-refractivity contribution is -0.125. The van der Waals surface area contributed by atoms with Gasteiger partial charge in [-0.25, -0.2) is 4.79 Å².